The third-order valence-corrected chi connectivity index (χ3v) is 3.72. The minimum absolute atomic E-state index is 0.00813. The number of rotatable bonds is 4. The summed E-state index contributed by atoms with van der Waals surface area (Å²) >= 11 is 1.65. The molecule has 2 aromatic rings. The number of nitrogens with zero attached hydrogens (tertiary/aromatic N) is 2. The molecular formula is C14H19N3S. The zero-order chi connectivity index (χ0) is 13.1. The summed E-state index contributed by atoms with van der Waals surface area (Å²) in [7, 11) is 0. The fourth-order valence-corrected chi connectivity index (χ4v) is 2.85. The third kappa shape index (κ3) is 2.71. The second-order valence-corrected chi connectivity index (χ2v) is 5.26. The Balaban J connectivity index is 2.33. The molecule has 3 nitrogen and oxygen atoms in total. The van der Waals surface area contributed by atoms with Gasteiger partial charge in [-0.2, -0.15) is 0 Å². The molecule has 0 fully saturated rings. The predicted molar refractivity (Wildman–Crippen MR) is 78.6 cm³/mol. The van der Waals surface area contributed by atoms with E-state index < -0.39 is 0 Å². The van der Waals surface area contributed by atoms with Crippen molar-refractivity contribution in [1.29, 1.82) is 0 Å². The molecule has 0 aliphatic rings. The summed E-state index contributed by atoms with van der Waals surface area (Å²) < 4.78 is 0. The van der Waals surface area contributed by atoms with E-state index in [9.17, 15) is 0 Å². The van der Waals surface area contributed by atoms with Gasteiger partial charge in [-0.3, -0.25) is 0 Å². The van der Waals surface area contributed by atoms with Gasteiger partial charge in [0.05, 0.1) is 5.69 Å². The molecule has 0 saturated carbocycles. The van der Waals surface area contributed by atoms with Gasteiger partial charge >= 0.3 is 0 Å². The number of thiazole rings is 1. The predicted octanol–water partition coefficient (Wildman–Crippen LogP) is 3.63. The Hall–Kier alpha value is -1.39. The molecule has 1 unspecified atom stereocenters. The molecule has 0 spiro atoms. The number of aromatic nitrogens is 1. The van der Waals surface area contributed by atoms with Crippen LogP contribution in [-0.2, 0) is 0 Å². The first-order valence-electron chi connectivity index (χ1n) is 6.17. The van der Waals surface area contributed by atoms with Gasteiger partial charge in [-0.1, -0.05) is 12.1 Å². The lowest BCUT2D eigenvalue weighted by Crippen LogP contribution is -2.16. The molecule has 0 radical (unpaired) electrons. The smallest absolute Gasteiger partial charge is 0.190 e. The van der Waals surface area contributed by atoms with E-state index in [2.05, 4.69) is 48.0 Å². The lowest BCUT2D eigenvalue weighted by molar-refractivity contribution is 0.787. The molecule has 18 heavy (non-hydrogen) atoms. The fourth-order valence-electron chi connectivity index (χ4n) is 1.83. The maximum Gasteiger partial charge on any atom is 0.190 e. The molecule has 1 aromatic heterocycles. The van der Waals surface area contributed by atoms with Crippen LogP contribution in [0.1, 0.15) is 31.1 Å². The molecule has 2 N–H and O–H groups in total. The SMILES string of the molecule is CCN(c1cccc(C)c1)c1nc(C(C)N)cs1. The molecule has 2 rings (SSSR count). The number of anilines is 2. The van der Waals surface area contributed by atoms with Gasteiger partial charge in [-0.25, -0.2) is 4.98 Å². The van der Waals surface area contributed by atoms with E-state index >= 15 is 0 Å². The maximum absolute atomic E-state index is 5.86. The molecular weight excluding hydrogens is 242 g/mol. The second kappa shape index (κ2) is 5.50. The highest BCUT2D eigenvalue weighted by Gasteiger charge is 2.13. The van der Waals surface area contributed by atoms with Gasteiger partial charge in [-0.15, -0.1) is 11.3 Å². The van der Waals surface area contributed by atoms with Crippen LogP contribution >= 0.6 is 11.3 Å². The van der Waals surface area contributed by atoms with E-state index in [0.717, 1.165) is 17.4 Å². The summed E-state index contributed by atoms with van der Waals surface area (Å²) in [5.74, 6) is 0. The topological polar surface area (TPSA) is 42.2 Å². The highest BCUT2D eigenvalue weighted by atomic mass is 32.1. The number of aryl methyl sites for hydroxylation is 1. The van der Waals surface area contributed by atoms with Gasteiger partial charge in [0, 0.05) is 23.7 Å². The van der Waals surface area contributed by atoms with Crippen molar-refractivity contribution >= 4 is 22.2 Å². The normalized spacial score (nSPS) is 12.4. The van der Waals surface area contributed by atoms with Crippen LogP contribution in [0.5, 0.6) is 0 Å². The highest BCUT2D eigenvalue weighted by Crippen LogP contribution is 2.29. The van der Waals surface area contributed by atoms with Crippen LogP contribution in [0.4, 0.5) is 10.8 Å². The Morgan fingerprint density at radius 3 is 2.78 bits per heavy atom. The summed E-state index contributed by atoms with van der Waals surface area (Å²) in [6, 6.07) is 8.46. The quantitative estimate of drug-likeness (QED) is 0.914. The fraction of sp³-hybridized carbons (Fsp3) is 0.357. The van der Waals surface area contributed by atoms with Gasteiger partial charge in [0.25, 0.3) is 0 Å². The van der Waals surface area contributed by atoms with Crippen molar-refractivity contribution in [3.05, 3.63) is 40.9 Å². The van der Waals surface area contributed by atoms with Crippen LogP contribution in [0.3, 0.4) is 0 Å². The highest BCUT2D eigenvalue weighted by molar-refractivity contribution is 7.13. The Labute approximate surface area is 112 Å². The summed E-state index contributed by atoms with van der Waals surface area (Å²) in [5, 5.41) is 3.05. The average molecular weight is 261 g/mol. The zero-order valence-corrected chi connectivity index (χ0v) is 11.9. The Morgan fingerprint density at radius 2 is 2.22 bits per heavy atom. The molecule has 0 amide bonds. The molecule has 0 saturated heterocycles. The average Bonchev–Trinajstić information content (AvgIpc) is 2.80. The summed E-state index contributed by atoms with van der Waals surface area (Å²) in [5.41, 5.74) is 9.26. The van der Waals surface area contributed by atoms with E-state index in [-0.39, 0.29) is 6.04 Å². The number of benzene rings is 1. The molecule has 96 valence electrons. The van der Waals surface area contributed by atoms with Crippen LogP contribution < -0.4 is 10.6 Å². The molecule has 0 aliphatic carbocycles. The molecule has 4 heteroatoms. The first-order valence-corrected chi connectivity index (χ1v) is 7.05. The van der Waals surface area contributed by atoms with Gasteiger partial charge in [-0.05, 0) is 38.5 Å². The van der Waals surface area contributed by atoms with Crippen molar-refractivity contribution in [1.82, 2.24) is 4.98 Å². The van der Waals surface area contributed by atoms with E-state index in [1.165, 1.54) is 11.3 Å². The minimum Gasteiger partial charge on any atom is -0.323 e. The van der Waals surface area contributed by atoms with Gasteiger partial charge in [0.1, 0.15) is 0 Å². The van der Waals surface area contributed by atoms with Crippen LogP contribution in [0.15, 0.2) is 29.6 Å². The summed E-state index contributed by atoms with van der Waals surface area (Å²) in [6.45, 7) is 7.10. The molecule has 1 atom stereocenters. The number of hydrogen-bond donors (Lipinski definition) is 1. The van der Waals surface area contributed by atoms with Gasteiger partial charge in [0.15, 0.2) is 5.13 Å². The van der Waals surface area contributed by atoms with E-state index in [1.807, 2.05) is 12.3 Å². The van der Waals surface area contributed by atoms with Crippen LogP contribution in [-0.4, -0.2) is 11.5 Å². The van der Waals surface area contributed by atoms with Crippen LogP contribution in [0, 0.1) is 6.92 Å². The van der Waals surface area contributed by atoms with E-state index in [0.29, 0.717) is 0 Å². The van der Waals surface area contributed by atoms with Crippen molar-refractivity contribution in [3.8, 4) is 0 Å². The Morgan fingerprint density at radius 1 is 1.44 bits per heavy atom. The van der Waals surface area contributed by atoms with Gasteiger partial charge in [0.2, 0.25) is 0 Å². The van der Waals surface area contributed by atoms with E-state index in [1.54, 1.807) is 11.3 Å². The first-order chi connectivity index (χ1) is 8.61. The minimum atomic E-state index is -0.00813. The van der Waals surface area contributed by atoms with Gasteiger partial charge < -0.3 is 10.6 Å². The van der Waals surface area contributed by atoms with Crippen LogP contribution in [0.25, 0.3) is 0 Å². The van der Waals surface area contributed by atoms with Crippen LogP contribution in [0.2, 0.25) is 0 Å². The summed E-state index contributed by atoms with van der Waals surface area (Å²) in [6.07, 6.45) is 0. The maximum atomic E-state index is 5.86. The van der Waals surface area contributed by atoms with Crippen molar-refractivity contribution in [2.24, 2.45) is 5.73 Å². The third-order valence-electron chi connectivity index (χ3n) is 2.84. The zero-order valence-electron chi connectivity index (χ0n) is 11.1. The van der Waals surface area contributed by atoms with Crippen molar-refractivity contribution < 1.29 is 0 Å². The Bertz CT molecular complexity index is 519. The largest absolute Gasteiger partial charge is 0.323 e. The summed E-state index contributed by atoms with van der Waals surface area (Å²) in [4.78, 5) is 6.82. The first kappa shape index (κ1) is 13.1. The van der Waals surface area contributed by atoms with E-state index in [4.69, 9.17) is 5.73 Å². The number of nitrogens with two attached hydrogens (primary N) is 1. The molecule has 0 aliphatic heterocycles. The number of hydrogen-bond acceptors (Lipinski definition) is 4. The molecule has 1 aromatic carbocycles. The van der Waals surface area contributed by atoms with Crippen molar-refractivity contribution in [3.63, 3.8) is 0 Å². The Kier molecular flexibility index (Phi) is 3.99. The lowest BCUT2D eigenvalue weighted by Gasteiger charge is -2.20. The monoisotopic (exact) mass is 261 g/mol. The standard InChI is InChI=1S/C14H19N3S/c1-4-17(12-7-5-6-10(2)8-12)14-16-13(9-18-14)11(3)15/h5-9,11H,4,15H2,1-3H3. The van der Waals surface area contributed by atoms with Crippen molar-refractivity contribution in [2.45, 2.75) is 26.8 Å². The van der Waals surface area contributed by atoms with Crippen molar-refractivity contribution in [2.75, 3.05) is 11.4 Å². The lowest BCUT2D eigenvalue weighted by atomic mass is 10.2. The molecule has 1 heterocycles. The second-order valence-electron chi connectivity index (χ2n) is 4.43. The molecule has 0 bridgehead atoms.